The maximum atomic E-state index is 5.37. The van der Waals surface area contributed by atoms with Crippen LogP contribution in [0.4, 0.5) is 0 Å². The molecule has 0 aliphatic carbocycles. The molecule has 0 aliphatic heterocycles. The zero-order valence-electron chi connectivity index (χ0n) is 28.8. The normalized spacial score (nSPS) is 11.4. The molecule has 0 amide bonds. The van der Waals surface area contributed by atoms with Crippen molar-refractivity contribution in [2.45, 2.75) is 0 Å². The Bertz CT molecular complexity index is 2900. The molecule has 0 aliphatic rings. The molecule has 0 saturated carbocycles. The monoisotopic (exact) mass is 676 g/mol. The lowest BCUT2D eigenvalue weighted by atomic mass is 9.93. The molecular weight excluding hydrogens is 645 g/mol. The van der Waals surface area contributed by atoms with Crippen LogP contribution >= 0.6 is 0 Å². The van der Waals surface area contributed by atoms with Crippen LogP contribution in [-0.4, -0.2) is 19.7 Å². The molecular formula is C49H32N4. The van der Waals surface area contributed by atoms with Gasteiger partial charge in [0.15, 0.2) is 0 Å². The smallest absolute Gasteiger partial charge is 0.101 e. The molecule has 248 valence electrons. The van der Waals surface area contributed by atoms with Crippen LogP contribution in [-0.2, 0) is 0 Å². The number of rotatable bonds is 6. The van der Waals surface area contributed by atoms with Crippen molar-refractivity contribution in [3.63, 3.8) is 0 Å². The quantitative estimate of drug-likeness (QED) is 0.176. The highest BCUT2D eigenvalue weighted by molar-refractivity contribution is 6.17. The fraction of sp³-hybridized carbons (Fsp3) is 0. The molecule has 0 bridgehead atoms. The van der Waals surface area contributed by atoms with Crippen LogP contribution in [0.15, 0.2) is 194 Å². The number of hydrogen-bond donors (Lipinski definition) is 0. The van der Waals surface area contributed by atoms with E-state index < -0.39 is 0 Å². The molecule has 0 spiro atoms. The maximum Gasteiger partial charge on any atom is 0.101 e. The molecule has 4 nitrogen and oxygen atoms in total. The molecule has 3 aromatic heterocycles. The van der Waals surface area contributed by atoms with Gasteiger partial charge in [-0.05, 0) is 81.2 Å². The van der Waals surface area contributed by atoms with E-state index in [1.807, 2.05) is 30.3 Å². The maximum absolute atomic E-state index is 5.37. The van der Waals surface area contributed by atoms with Crippen molar-refractivity contribution in [3.8, 4) is 61.7 Å². The summed E-state index contributed by atoms with van der Waals surface area (Å²) in [6, 6.07) is 66.2. The molecule has 0 N–H and O–H groups in total. The van der Waals surface area contributed by atoms with Crippen molar-refractivity contribution < 1.29 is 0 Å². The minimum atomic E-state index is 0.873. The number of nitrogens with zero attached hydrogens (tertiary/aromatic N) is 4. The van der Waals surface area contributed by atoms with E-state index in [1.54, 1.807) is 6.20 Å². The largest absolute Gasteiger partial charge is 0.255 e. The second kappa shape index (κ2) is 12.9. The van der Waals surface area contributed by atoms with Gasteiger partial charge in [0.25, 0.3) is 0 Å². The Labute approximate surface area is 307 Å². The summed E-state index contributed by atoms with van der Waals surface area (Å²) in [4.78, 5) is 9.42. The third-order valence-electron chi connectivity index (χ3n) is 10.1. The van der Waals surface area contributed by atoms with E-state index in [-0.39, 0.29) is 0 Å². The average Bonchev–Trinajstić information content (AvgIpc) is 3.65. The van der Waals surface area contributed by atoms with Crippen LogP contribution in [0.2, 0.25) is 0 Å². The number of para-hydroxylation sites is 1. The second-order valence-electron chi connectivity index (χ2n) is 13.3. The molecule has 4 heteroatoms. The summed E-state index contributed by atoms with van der Waals surface area (Å²) in [5.74, 6) is 0. The number of hydrogen-bond acceptors (Lipinski definition) is 3. The number of pyridine rings is 2. The summed E-state index contributed by atoms with van der Waals surface area (Å²) < 4.78 is 2.12. The van der Waals surface area contributed by atoms with Gasteiger partial charge in [0, 0.05) is 27.9 Å². The second-order valence-corrected chi connectivity index (χ2v) is 13.3. The number of aromatic nitrogens is 4. The Morgan fingerprint density at radius 3 is 1.77 bits per heavy atom. The third kappa shape index (κ3) is 5.54. The summed E-state index contributed by atoms with van der Waals surface area (Å²) in [7, 11) is 0. The van der Waals surface area contributed by atoms with Gasteiger partial charge in [0.2, 0.25) is 0 Å². The van der Waals surface area contributed by atoms with E-state index in [1.165, 1.54) is 21.9 Å². The zero-order chi connectivity index (χ0) is 35.1. The predicted molar refractivity (Wildman–Crippen MR) is 219 cm³/mol. The lowest BCUT2D eigenvalue weighted by molar-refractivity contribution is 0.918. The van der Waals surface area contributed by atoms with E-state index >= 15 is 0 Å². The molecule has 3 heterocycles. The van der Waals surface area contributed by atoms with Gasteiger partial charge in [0.1, 0.15) is 5.69 Å². The zero-order valence-corrected chi connectivity index (χ0v) is 28.8. The summed E-state index contributed by atoms with van der Waals surface area (Å²) in [5.41, 5.74) is 13.8. The molecule has 0 unspecified atom stereocenters. The first-order chi connectivity index (χ1) is 26.3. The molecule has 10 aromatic rings. The van der Waals surface area contributed by atoms with Crippen molar-refractivity contribution in [2.75, 3.05) is 0 Å². The van der Waals surface area contributed by atoms with Gasteiger partial charge in [-0.3, -0.25) is 4.98 Å². The molecule has 7 aromatic carbocycles. The van der Waals surface area contributed by atoms with Crippen LogP contribution < -0.4 is 0 Å². The highest BCUT2D eigenvalue weighted by Gasteiger charge is 2.21. The van der Waals surface area contributed by atoms with E-state index in [2.05, 4.69) is 167 Å². The van der Waals surface area contributed by atoms with E-state index in [9.17, 15) is 0 Å². The van der Waals surface area contributed by atoms with Gasteiger partial charge in [-0.15, -0.1) is 0 Å². The fourth-order valence-electron chi connectivity index (χ4n) is 7.42. The van der Waals surface area contributed by atoms with Gasteiger partial charge in [-0.1, -0.05) is 146 Å². The van der Waals surface area contributed by atoms with Gasteiger partial charge in [-0.25, -0.2) is 9.67 Å². The van der Waals surface area contributed by atoms with Crippen LogP contribution in [0.5, 0.6) is 0 Å². The highest BCUT2D eigenvalue weighted by Crippen LogP contribution is 2.42. The highest BCUT2D eigenvalue weighted by atomic mass is 15.3. The van der Waals surface area contributed by atoms with Crippen LogP contribution in [0.25, 0.3) is 94.3 Å². The Hall–Kier alpha value is -7.17. The molecule has 0 radical (unpaired) electrons. The molecule has 53 heavy (non-hydrogen) atoms. The first-order valence-electron chi connectivity index (χ1n) is 17.9. The van der Waals surface area contributed by atoms with Crippen LogP contribution in [0, 0.1) is 0 Å². The molecule has 10 rings (SSSR count). The van der Waals surface area contributed by atoms with Crippen molar-refractivity contribution >= 4 is 32.6 Å². The van der Waals surface area contributed by atoms with Gasteiger partial charge < -0.3 is 0 Å². The lowest BCUT2D eigenvalue weighted by Gasteiger charge is -2.11. The van der Waals surface area contributed by atoms with Crippen LogP contribution in [0.3, 0.4) is 0 Å². The predicted octanol–water partition coefficient (Wildman–Crippen LogP) is 12.5. The van der Waals surface area contributed by atoms with Crippen molar-refractivity contribution in [1.29, 1.82) is 0 Å². The number of benzene rings is 7. The van der Waals surface area contributed by atoms with Crippen molar-refractivity contribution in [3.05, 3.63) is 194 Å². The topological polar surface area (TPSA) is 43.6 Å². The molecule has 0 fully saturated rings. The summed E-state index contributed by atoms with van der Waals surface area (Å²) in [5, 5.41) is 9.99. The average molecular weight is 677 g/mol. The summed E-state index contributed by atoms with van der Waals surface area (Å²) in [6.45, 7) is 0. The first kappa shape index (κ1) is 30.6. The van der Waals surface area contributed by atoms with Gasteiger partial charge in [0.05, 0.1) is 28.1 Å². The minimum absolute atomic E-state index is 0.873. The van der Waals surface area contributed by atoms with Gasteiger partial charge >= 0.3 is 0 Å². The van der Waals surface area contributed by atoms with Crippen molar-refractivity contribution in [2.24, 2.45) is 0 Å². The van der Waals surface area contributed by atoms with E-state index in [0.29, 0.717) is 0 Å². The Morgan fingerprint density at radius 1 is 0.415 bits per heavy atom. The summed E-state index contributed by atoms with van der Waals surface area (Å²) >= 11 is 0. The lowest BCUT2D eigenvalue weighted by Crippen LogP contribution is -1.96. The standard InChI is InChI=1S/C49H32N4/c1-3-11-36(12-4-1)43-31-40-13-7-8-16-42(40)49-47(43)48(52-53(49)41-14-5-2-6-15-41)38-25-22-34(23-26-38)33-18-20-35(21-19-33)39-27-24-37-28-29-45(51-46(37)32-39)44-17-9-10-30-50-44/h1-32H. The molecule has 0 atom stereocenters. The SMILES string of the molecule is c1ccc(-c2cc3ccccc3c3c2c(-c2ccc(-c4ccc(-c5ccc6ccc(-c7ccccn7)nc6c5)cc4)cc2)nn3-c2ccccc2)cc1. The Kier molecular flexibility index (Phi) is 7.43. The molecule has 0 saturated heterocycles. The number of fused-ring (bicyclic) bond motifs is 4. The minimum Gasteiger partial charge on any atom is -0.255 e. The van der Waals surface area contributed by atoms with E-state index in [0.717, 1.165) is 72.4 Å². The summed E-state index contributed by atoms with van der Waals surface area (Å²) in [6.07, 6.45) is 1.80. The Morgan fingerprint density at radius 2 is 1.04 bits per heavy atom. The van der Waals surface area contributed by atoms with Crippen molar-refractivity contribution in [1.82, 2.24) is 19.7 Å². The third-order valence-corrected chi connectivity index (χ3v) is 10.1. The first-order valence-corrected chi connectivity index (χ1v) is 17.9. The fourth-order valence-corrected chi connectivity index (χ4v) is 7.42. The van der Waals surface area contributed by atoms with Gasteiger partial charge in [-0.2, -0.15) is 5.10 Å². The Balaban J connectivity index is 1.03. The van der Waals surface area contributed by atoms with Crippen LogP contribution in [0.1, 0.15) is 0 Å². The van der Waals surface area contributed by atoms with E-state index in [4.69, 9.17) is 10.1 Å².